The molecule has 2 aromatic rings. The number of hydrogen-bond donors (Lipinski definition) is 0. The lowest BCUT2D eigenvalue weighted by atomic mass is 10.2. The van der Waals surface area contributed by atoms with E-state index >= 15 is 0 Å². The summed E-state index contributed by atoms with van der Waals surface area (Å²) in [6.07, 6.45) is 0. The molecule has 1 aromatic heterocycles. The molecule has 0 spiro atoms. The molecule has 0 bridgehead atoms. The third-order valence-corrected chi connectivity index (χ3v) is 4.17. The van der Waals surface area contributed by atoms with Gasteiger partial charge in [-0.2, -0.15) is 0 Å². The Bertz CT molecular complexity index is 690. The quantitative estimate of drug-likeness (QED) is 0.603. The summed E-state index contributed by atoms with van der Waals surface area (Å²) < 4.78 is 15.6. The van der Waals surface area contributed by atoms with Crippen molar-refractivity contribution in [3.05, 3.63) is 45.6 Å². The highest BCUT2D eigenvalue weighted by Crippen LogP contribution is 2.25. The van der Waals surface area contributed by atoms with Crippen LogP contribution in [0.5, 0.6) is 11.5 Å². The van der Waals surface area contributed by atoms with E-state index in [0.717, 1.165) is 11.3 Å². The molecule has 5 nitrogen and oxygen atoms in total. The van der Waals surface area contributed by atoms with E-state index in [-0.39, 0.29) is 12.4 Å². The van der Waals surface area contributed by atoms with E-state index in [9.17, 15) is 9.59 Å². The molecule has 0 saturated carbocycles. The summed E-state index contributed by atoms with van der Waals surface area (Å²) >= 11 is 1.12. The number of methoxy groups -OCH3 is 2. The number of Topliss-reactive ketones (excluding diaryl/α,β-unsaturated/α-hetero) is 1. The fraction of sp³-hybridized carbons (Fsp3) is 0.250. The highest BCUT2D eigenvalue weighted by atomic mass is 32.1. The third-order valence-electron chi connectivity index (χ3n) is 3.00. The molecule has 0 aliphatic heterocycles. The fourth-order valence-electron chi connectivity index (χ4n) is 1.85. The van der Waals surface area contributed by atoms with E-state index in [0.29, 0.717) is 26.8 Å². The summed E-state index contributed by atoms with van der Waals surface area (Å²) in [5, 5.41) is 0. The van der Waals surface area contributed by atoms with Crippen molar-refractivity contribution in [2.45, 2.75) is 13.5 Å². The number of carbonyl (C=O) groups excluding carboxylic acids is 2. The first-order valence-electron chi connectivity index (χ1n) is 6.54. The first-order chi connectivity index (χ1) is 10.5. The van der Waals surface area contributed by atoms with Crippen LogP contribution in [0, 0.1) is 0 Å². The lowest BCUT2D eigenvalue weighted by Gasteiger charge is -2.10. The van der Waals surface area contributed by atoms with Gasteiger partial charge < -0.3 is 14.2 Å². The second-order valence-electron chi connectivity index (χ2n) is 4.47. The Morgan fingerprint density at radius 1 is 1.05 bits per heavy atom. The molecule has 0 aliphatic carbocycles. The fourth-order valence-corrected chi connectivity index (χ4v) is 2.64. The predicted octanol–water partition coefficient (Wildman–Crippen LogP) is 3.32. The first kappa shape index (κ1) is 16.0. The molecule has 0 radical (unpaired) electrons. The highest BCUT2D eigenvalue weighted by molar-refractivity contribution is 7.15. The summed E-state index contributed by atoms with van der Waals surface area (Å²) in [6.45, 7) is 1.52. The van der Waals surface area contributed by atoms with Crippen LogP contribution >= 0.6 is 11.3 Å². The molecule has 0 atom stereocenters. The average molecular weight is 320 g/mol. The summed E-state index contributed by atoms with van der Waals surface area (Å²) in [7, 11) is 3.11. The van der Waals surface area contributed by atoms with Gasteiger partial charge in [-0.15, -0.1) is 11.3 Å². The van der Waals surface area contributed by atoms with E-state index in [1.54, 1.807) is 44.6 Å². The Labute approximate surface area is 132 Å². The third kappa shape index (κ3) is 3.65. The number of esters is 1. The Morgan fingerprint density at radius 2 is 1.77 bits per heavy atom. The predicted molar refractivity (Wildman–Crippen MR) is 83.0 cm³/mol. The minimum Gasteiger partial charge on any atom is -0.497 e. The van der Waals surface area contributed by atoms with Crippen LogP contribution in [0.2, 0.25) is 0 Å². The molecule has 0 saturated heterocycles. The Morgan fingerprint density at radius 3 is 2.36 bits per heavy atom. The van der Waals surface area contributed by atoms with Gasteiger partial charge in [0.2, 0.25) is 0 Å². The minimum atomic E-state index is -0.470. The van der Waals surface area contributed by atoms with Crippen molar-refractivity contribution in [1.29, 1.82) is 0 Å². The van der Waals surface area contributed by atoms with Gasteiger partial charge in [-0.3, -0.25) is 4.79 Å². The molecule has 6 heteroatoms. The SMILES string of the molecule is COc1ccc(OC)c(COC(=O)c2ccc(C(C)=O)s2)c1. The van der Waals surface area contributed by atoms with E-state index < -0.39 is 5.97 Å². The van der Waals surface area contributed by atoms with E-state index in [2.05, 4.69) is 0 Å². The van der Waals surface area contributed by atoms with Crippen molar-refractivity contribution in [3.8, 4) is 11.5 Å². The lowest BCUT2D eigenvalue weighted by Crippen LogP contribution is -2.04. The van der Waals surface area contributed by atoms with Crippen LogP contribution in [0.3, 0.4) is 0 Å². The molecular weight excluding hydrogens is 304 g/mol. The molecule has 0 amide bonds. The van der Waals surface area contributed by atoms with E-state index in [1.807, 2.05) is 0 Å². The topological polar surface area (TPSA) is 61.8 Å². The first-order valence-corrected chi connectivity index (χ1v) is 7.35. The highest BCUT2D eigenvalue weighted by Gasteiger charge is 2.14. The maximum absolute atomic E-state index is 12.0. The molecule has 0 aliphatic rings. The van der Waals surface area contributed by atoms with Gasteiger partial charge in [0.15, 0.2) is 5.78 Å². The Hall–Kier alpha value is -2.34. The molecular formula is C16H16O5S. The largest absolute Gasteiger partial charge is 0.497 e. The summed E-state index contributed by atoms with van der Waals surface area (Å²) in [4.78, 5) is 24.2. The molecule has 0 unspecified atom stereocenters. The maximum atomic E-state index is 12.0. The number of thiophene rings is 1. The number of ketones is 1. The smallest absolute Gasteiger partial charge is 0.348 e. The normalized spacial score (nSPS) is 10.1. The van der Waals surface area contributed by atoms with Crippen LogP contribution in [-0.4, -0.2) is 26.0 Å². The molecule has 0 fully saturated rings. The molecule has 116 valence electrons. The van der Waals surface area contributed by atoms with Crippen molar-refractivity contribution >= 4 is 23.1 Å². The van der Waals surface area contributed by atoms with Gasteiger partial charge in [0.1, 0.15) is 23.0 Å². The number of hydrogen-bond acceptors (Lipinski definition) is 6. The summed E-state index contributed by atoms with van der Waals surface area (Å²) in [6, 6.07) is 8.48. The van der Waals surface area contributed by atoms with Crippen molar-refractivity contribution in [1.82, 2.24) is 0 Å². The van der Waals surface area contributed by atoms with E-state index in [4.69, 9.17) is 14.2 Å². The van der Waals surface area contributed by atoms with Gasteiger partial charge in [0.25, 0.3) is 0 Å². The zero-order chi connectivity index (χ0) is 16.1. The van der Waals surface area contributed by atoms with Crippen LogP contribution in [-0.2, 0) is 11.3 Å². The van der Waals surface area contributed by atoms with Crippen molar-refractivity contribution in [2.75, 3.05) is 14.2 Å². The zero-order valence-corrected chi connectivity index (χ0v) is 13.4. The molecule has 1 aromatic carbocycles. The second kappa shape index (κ2) is 7.09. The zero-order valence-electron chi connectivity index (χ0n) is 12.5. The van der Waals surface area contributed by atoms with Gasteiger partial charge in [0, 0.05) is 5.56 Å². The number of carbonyl (C=O) groups is 2. The molecule has 2 rings (SSSR count). The minimum absolute atomic E-state index is 0.0620. The van der Waals surface area contributed by atoms with Crippen LogP contribution in [0.4, 0.5) is 0 Å². The van der Waals surface area contributed by atoms with Gasteiger partial charge in [-0.1, -0.05) is 0 Å². The standard InChI is InChI=1S/C16H16O5S/c1-10(17)14-6-7-15(22-14)16(18)21-9-11-8-12(19-2)4-5-13(11)20-3/h4-8H,9H2,1-3H3. The molecule has 0 N–H and O–H groups in total. The molecule has 1 heterocycles. The van der Waals surface area contributed by atoms with Crippen LogP contribution in [0.15, 0.2) is 30.3 Å². The van der Waals surface area contributed by atoms with Crippen LogP contribution in [0.1, 0.15) is 31.8 Å². The van der Waals surface area contributed by atoms with Crippen molar-refractivity contribution in [2.24, 2.45) is 0 Å². The Balaban J connectivity index is 2.08. The van der Waals surface area contributed by atoms with Gasteiger partial charge in [0.05, 0.1) is 19.1 Å². The van der Waals surface area contributed by atoms with Crippen molar-refractivity contribution in [3.63, 3.8) is 0 Å². The van der Waals surface area contributed by atoms with E-state index in [1.165, 1.54) is 6.92 Å². The van der Waals surface area contributed by atoms with Gasteiger partial charge >= 0.3 is 5.97 Å². The van der Waals surface area contributed by atoms with Crippen LogP contribution < -0.4 is 9.47 Å². The second-order valence-corrected chi connectivity index (χ2v) is 5.56. The lowest BCUT2D eigenvalue weighted by molar-refractivity contribution is 0.0475. The molecule has 22 heavy (non-hydrogen) atoms. The summed E-state index contributed by atoms with van der Waals surface area (Å²) in [5.74, 6) is 0.729. The van der Waals surface area contributed by atoms with Crippen molar-refractivity contribution < 1.29 is 23.8 Å². The van der Waals surface area contributed by atoms with Gasteiger partial charge in [-0.25, -0.2) is 4.79 Å². The van der Waals surface area contributed by atoms with Gasteiger partial charge in [-0.05, 0) is 37.3 Å². The van der Waals surface area contributed by atoms with Crippen LogP contribution in [0.25, 0.3) is 0 Å². The Kier molecular flexibility index (Phi) is 5.16. The number of ether oxygens (including phenoxy) is 3. The number of rotatable bonds is 6. The number of benzene rings is 1. The maximum Gasteiger partial charge on any atom is 0.348 e. The monoisotopic (exact) mass is 320 g/mol. The average Bonchev–Trinajstić information content (AvgIpc) is 3.02. The summed E-state index contributed by atoms with van der Waals surface area (Å²) in [5.41, 5.74) is 0.707.